The van der Waals surface area contributed by atoms with Crippen molar-refractivity contribution in [3.8, 4) is 0 Å². The number of esters is 1. The van der Waals surface area contributed by atoms with Gasteiger partial charge in [0.25, 0.3) is 0 Å². The smallest absolute Gasteiger partial charge is 0.305 e. The Bertz CT molecular complexity index is 202. The monoisotopic (exact) mass is 258 g/mol. The highest BCUT2D eigenvalue weighted by Gasteiger charge is 2.10. The fourth-order valence-electron chi connectivity index (χ4n) is 1.75. The summed E-state index contributed by atoms with van der Waals surface area (Å²) in [6.45, 7) is 6.71. The van der Waals surface area contributed by atoms with Gasteiger partial charge in [-0.3, -0.25) is 4.79 Å². The Balaban J connectivity index is 3.32. The maximum atomic E-state index is 11.4. The lowest BCUT2D eigenvalue weighted by molar-refractivity contribution is -0.144. The van der Waals surface area contributed by atoms with E-state index in [9.17, 15) is 9.90 Å². The summed E-state index contributed by atoms with van der Waals surface area (Å²) in [5.74, 6) is 0.140. The Morgan fingerprint density at radius 3 is 2.39 bits per heavy atom. The van der Waals surface area contributed by atoms with Crippen LogP contribution in [0.1, 0.15) is 72.1 Å². The predicted molar refractivity (Wildman–Crippen MR) is 74.4 cm³/mol. The molecule has 0 aliphatic rings. The first-order chi connectivity index (χ1) is 8.57. The minimum absolute atomic E-state index is 0.124. The van der Waals surface area contributed by atoms with Crippen molar-refractivity contribution >= 4 is 5.97 Å². The Morgan fingerprint density at radius 1 is 1.11 bits per heavy atom. The van der Waals surface area contributed by atoms with Gasteiger partial charge in [-0.15, -0.1) is 0 Å². The second kappa shape index (κ2) is 11.5. The highest BCUT2D eigenvalue weighted by Crippen LogP contribution is 2.10. The van der Waals surface area contributed by atoms with E-state index in [1.54, 1.807) is 0 Å². The molecule has 0 saturated carbocycles. The van der Waals surface area contributed by atoms with Crippen molar-refractivity contribution in [1.29, 1.82) is 0 Å². The summed E-state index contributed by atoms with van der Waals surface area (Å²) in [6, 6.07) is 0. The molecule has 3 nitrogen and oxygen atoms in total. The number of hydrogen-bond donors (Lipinski definition) is 1. The van der Waals surface area contributed by atoms with Crippen LogP contribution in [0.4, 0.5) is 0 Å². The molecule has 0 rings (SSSR count). The SMILES string of the molecule is CCCCCCCOC(=O)CCCC(O)C(C)C. The average molecular weight is 258 g/mol. The summed E-state index contributed by atoms with van der Waals surface area (Å²) in [4.78, 5) is 11.4. The van der Waals surface area contributed by atoms with Crippen molar-refractivity contribution in [2.45, 2.75) is 78.2 Å². The minimum atomic E-state index is -0.299. The first-order valence-corrected chi connectivity index (χ1v) is 7.41. The van der Waals surface area contributed by atoms with Crippen molar-refractivity contribution in [2.75, 3.05) is 6.61 Å². The summed E-state index contributed by atoms with van der Waals surface area (Å²) in [5.41, 5.74) is 0. The van der Waals surface area contributed by atoms with Crippen LogP contribution in [0.3, 0.4) is 0 Å². The van der Waals surface area contributed by atoms with E-state index in [0.717, 1.165) is 12.8 Å². The average Bonchev–Trinajstić information content (AvgIpc) is 2.33. The number of aliphatic hydroxyl groups is 1. The van der Waals surface area contributed by atoms with Crippen molar-refractivity contribution in [3.63, 3.8) is 0 Å². The molecule has 0 amide bonds. The Labute approximate surface area is 112 Å². The van der Waals surface area contributed by atoms with E-state index < -0.39 is 0 Å². The van der Waals surface area contributed by atoms with Crippen LogP contribution in [-0.2, 0) is 9.53 Å². The van der Waals surface area contributed by atoms with Crippen LogP contribution in [0.15, 0.2) is 0 Å². The number of unbranched alkanes of at least 4 members (excludes halogenated alkanes) is 4. The van der Waals surface area contributed by atoms with Gasteiger partial charge in [-0.2, -0.15) is 0 Å². The molecule has 0 aromatic rings. The summed E-state index contributed by atoms with van der Waals surface area (Å²) >= 11 is 0. The Morgan fingerprint density at radius 2 is 1.78 bits per heavy atom. The minimum Gasteiger partial charge on any atom is -0.466 e. The second-order valence-corrected chi connectivity index (χ2v) is 5.34. The summed E-state index contributed by atoms with van der Waals surface area (Å²) in [5, 5.41) is 9.58. The first-order valence-electron chi connectivity index (χ1n) is 7.41. The van der Waals surface area contributed by atoms with Gasteiger partial charge in [-0.05, 0) is 25.2 Å². The standard InChI is InChI=1S/C15H30O3/c1-4-5-6-7-8-12-18-15(17)11-9-10-14(16)13(2)3/h13-14,16H,4-12H2,1-3H3. The van der Waals surface area contributed by atoms with Gasteiger partial charge >= 0.3 is 5.97 Å². The third kappa shape index (κ3) is 10.6. The molecule has 0 fully saturated rings. The van der Waals surface area contributed by atoms with Crippen molar-refractivity contribution < 1.29 is 14.6 Å². The maximum absolute atomic E-state index is 11.4. The second-order valence-electron chi connectivity index (χ2n) is 5.34. The highest BCUT2D eigenvalue weighted by molar-refractivity contribution is 5.69. The van der Waals surface area contributed by atoms with Crippen LogP contribution in [-0.4, -0.2) is 23.8 Å². The molecular weight excluding hydrogens is 228 g/mol. The lowest BCUT2D eigenvalue weighted by Crippen LogP contribution is -2.15. The van der Waals surface area contributed by atoms with E-state index in [4.69, 9.17) is 4.74 Å². The molecule has 0 bridgehead atoms. The molecule has 0 spiro atoms. The van der Waals surface area contributed by atoms with Crippen LogP contribution in [0.5, 0.6) is 0 Å². The molecular formula is C15H30O3. The van der Waals surface area contributed by atoms with Crippen LogP contribution in [0.25, 0.3) is 0 Å². The van der Waals surface area contributed by atoms with Gasteiger partial charge in [0.05, 0.1) is 12.7 Å². The molecule has 0 aromatic carbocycles. The molecule has 1 N–H and O–H groups in total. The lowest BCUT2D eigenvalue weighted by Gasteiger charge is -2.13. The maximum Gasteiger partial charge on any atom is 0.305 e. The quantitative estimate of drug-likeness (QED) is 0.454. The van der Waals surface area contributed by atoms with Gasteiger partial charge in [0.1, 0.15) is 0 Å². The predicted octanol–water partition coefficient (Wildman–Crippen LogP) is 3.69. The normalized spacial score (nSPS) is 12.7. The van der Waals surface area contributed by atoms with Gasteiger partial charge in [0.15, 0.2) is 0 Å². The van der Waals surface area contributed by atoms with E-state index in [1.807, 2.05) is 13.8 Å². The van der Waals surface area contributed by atoms with Crippen molar-refractivity contribution in [1.82, 2.24) is 0 Å². The van der Waals surface area contributed by atoms with Crippen LogP contribution < -0.4 is 0 Å². The third-order valence-electron chi connectivity index (χ3n) is 3.16. The van der Waals surface area contributed by atoms with Gasteiger partial charge in [0.2, 0.25) is 0 Å². The zero-order valence-corrected chi connectivity index (χ0v) is 12.3. The van der Waals surface area contributed by atoms with E-state index in [-0.39, 0.29) is 18.0 Å². The number of hydrogen-bond acceptors (Lipinski definition) is 3. The molecule has 0 heterocycles. The molecule has 1 atom stereocenters. The molecule has 0 aromatic heterocycles. The van der Waals surface area contributed by atoms with E-state index in [0.29, 0.717) is 25.9 Å². The van der Waals surface area contributed by atoms with E-state index in [1.165, 1.54) is 19.3 Å². The molecule has 0 radical (unpaired) electrons. The van der Waals surface area contributed by atoms with Crippen molar-refractivity contribution in [3.05, 3.63) is 0 Å². The number of rotatable bonds is 11. The van der Waals surface area contributed by atoms with Crippen LogP contribution in [0.2, 0.25) is 0 Å². The summed E-state index contributed by atoms with van der Waals surface area (Å²) in [6.07, 6.45) is 7.38. The lowest BCUT2D eigenvalue weighted by atomic mass is 10.0. The molecule has 0 aliphatic heterocycles. The molecule has 0 saturated heterocycles. The molecule has 108 valence electrons. The van der Waals surface area contributed by atoms with Crippen molar-refractivity contribution in [2.24, 2.45) is 5.92 Å². The van der Waals surface area contributed by atoms with E-state index in [2.05, 4.69) is 6.92 Å². The number of carbonyl (C=O) groups is 1. The van der Waals surface area contributed by atoms with Gasteiger partial charge in [-0.25, -0.2) is 0 Å². The molecule has 0 aliphatic carbocycles. The number of carbonyl (C=O) groups excluding carboxylic acids is 1. The Kier molecular flexibility index (Phi) is 11.2. The third-order valence-corrected chi connectivity index (χ3v) is 3.16. The zero-order chi connectivity index (χ0) is 13.8. The van der Waals surface area contributed by atoms with Crippen LogP contribution >= 0.6 is 0 Å². The number of ether oxygens (including phenoxy) is 1. The largest absolute Gasteiger partial charge is 0.466 e. The highest BCUT2D eigenvalue weighted by atomic mass is 16.5. The van der Waals surface area contributed by atoms with Crippen LogP contribution in [0, 0.1) is 5.92 Å². The van der Waals surface area contributed by atoms with Gasteiger partial charge < -0.3 is 9.84 Å². The summed E-state index contributed by atoms with van der Waals surface area (Å²) in [7, 11) is 0. The fourth-order valence-corrected chi connectivity index (χ4v) is 1.75. The zero-order valence-electron chi connectivity index (χ0n) is 12.3. The van der Waals surface area contributed by atoms with Gasteiger partial charge in [-0.1, -0.05) is 46.5 Å². The first kappa shape index (κ1) is 17.4. The fraction of sp³-hybridized carbons (Fsp3) is 0.933. The Hall–Kier alpha value is -0.570. The van der Waals surface area contributed by atoms with Gasteiger partial charge in [0, 0.05) is 6.42 Å². The molecule has 3 heteroatoms. The molecule has 18 heavy (non-hydrogen) atoms. The number of aliphatic hydroxyl groups excluding tert-OH is 1. The summed E-state index contributed by atoms with van der Waals surface area (Å²) < 4.78 is 5.14. The van der Waals surface area contributed by atoms with E-state index >= 15 is 0 Å². The topological polar surface area (TPSA) is 46.5 Å². The molecule has 1 unspecified atom stereocenters.